The van der Waals surface area contributed by atoms with Gasteiger partial charge >= 0.3 is 0 Å². The van der Waals surface area contributed by atoms with Crippen molar-refractivity contribution in [1.82, 2.24) is 0 Å². The Morgan fingerprint density at radius 2 is 0.462 bits per heavy atom. The molecule has 3 aromatic rings. The second-order valence-electron chi connectivity index (χ2n) is 3.50. The number of fused-ring (bicyclic) bond motifs is 1. The lowest BCUT2D eigenvalue weighted by Crippen LogP contribution is -1.67. The van der Waals surface area contributed by atoms with Crippen LogP contribution >= 0.6 is 0 Å². The van der Waals surface area contributed by atoms with E-state index in [1.807, 2.05) is 77.9 Å². The van der Waals surface area contributed by atoms with Gasteiger partial charge in [-0.2, -0.15) is 0 Å². The zero-order valence-corrected chi connectivity index (χ0v) is 15.1. The van der Waals surface area contributed by atoms with Crippen LogP contribution in [-0.2, 0) is 0 Å². The first-order valence-corrected chi connectivity index (χ1v) is 8.40. The summed E-state index contributed by atoms with van der Waals surface area (Å²) in [4.78, 5) is 0. The Labute approximate surface area is 167 Å². The van der Waals surface area contributed by atoms with Gasteiger partial charge in [0.05, 0.1) is 0 Å². The lowest BCUT2D eigenvalue weighted by Gasteiger charge is -1.92. The molecule has 0 aliphatic heterocycles. The second-order valence-corrected chi connectivity index (χ2v) is 3.50. The molecule has 0 aliphatic carbocycles. The van der Waals surface area contributed by atoms with E-state index in [1.165, 1.54) is 10.8 Å². The number of hydrogen-bond acceptors (Lipinski definition) is 0. The van der Waals surface area contributed by atoms with Crippen LogP contribution in [-0.4, -0.2) is 0 Å². The van der Waals surface area contributed by atoms with Crippen LogP contribution in [0.4, 0.5) is 0 Å². The Kier molecular flexibility index (Phi) is 51.6. The molecule has 3 aromatic carbocycles. The Morgan fingerprint density at radius 3 is 0.615 bits per heavy atom. The minimum atomic E-state index is 0. The molecule has 26 heavy (non-hydrogen) atoms. The Morgan fingerprint density at radius 1 is 0.308 bits per heavy atom. The van der Waals surface area contributed by atoms with Crippen LogP contribution < -0.4 is 0 Å². The molecule has 0 amide bonds. The molecule has 0 bridgehead atoms. The molecular formula is C26H48. The van der Waals surface area contributed by atoms with Crippen LogP contribution in [0.5, 0.6) is 0 Å². The van der Waals surface area contributed by atoms with Gasteiger partial charge in [-0.3, -0.25) is 0 Å². The molecule has 0 fully saturated rings. The summed E-state index contributed by atoms with van der Waals surface area (Å²) in [7, 11) is 0. The minimum Gasteiger partial charge on any atom is -0.0776 e. The highest BCUT2D eigenvalue weighted by Gasteiger charge is 1.85. The summed E-state index contributed by atoms with van der Waals surface area (Å²) in [5.41, 5.74) is 0. The molecule has 0 N–H and O–H groups in total. The maximum Gasteiger partial charge on any atom is -0.0184 e. The highest BCUT2D eigenvalue weighted by molar-refractivity contribution is 5.81. The molecule has 0 atom stereocenters. The lowest BCUT2D eigenvalue weighted by atomic mass is 10.1. The van der Waals surface area contributed by atoms with Crippen molar-refractivity contribution in [1.29, 1.82) is 0 Å². The average molecular weight is 361 g/mol. The predicted octanol–water partition coefficient (Wildman–Crippen LogP) is 10.1. The van der Waals surface area contributed by atoms with Gasteiger partial charge in [-0.1, -0.05) is 156 Å². The largest absolute Gasteiger partial charge is 0.0776 e. The van der Waals surface area contributed by atoms with Gasteiger partial charge in [0.1, 0.15) is 0 Å². The average Bonchev–Trinajstić information content (AvgIpc) is 2.69. The summed E-state index contributed by atoms with van der Waals surface area (Å²) in [6, 6.07) is 28.7. The number of rotatable bonds is 0. The van der Waals surface area contributed by atoms with Crippen LogP contribution in [0.3, 0.4) is 0 Å². The zero-order valence-electron chi connectivity index (χ0n) is 15.1. The van der Waals surface area contributed by atoms with Crippen LogP contribution in [0.25, 0.3) is 10.8 Å². The van der Waals surface area contributed by atoms with E-state index in [-0.39, 0.29) is 29.7 Å². The highest BCUT2D eigenvalue weighted by Crippen LogP contribution is 2.11. The SMILES string of the molecule is C.C.C.C.CC.CC.CC.c1ccc2ccccc2c1.c1ccccc1. The van der Waals surface area contributed by atoms with Crippen molar-refractivity contribution < 1.29 is 0 Å². The molecule has 0 saturated carbocycles. The van der Waals surface area contributed by atoms with Crippen molar-refractivity contribution in [3.8, 4) is 0 Å². The molecule has 0 nitrogen and oxygen atoms in total. The van der Waals surface area contributed by atoms with E-state index in [4.69, 9.17) is 0 Å². The lowest BCUT2D eigenvalue weighted by molar-refractivity contribution is 1.50. The van der Waals surface area contributed by atoms with Gasteiger partial charge in [-0.15, -0.1) is 0 Å². The summed E-state index contributed by atoms with van der Waals surface area (Å²) in [5.74, 6) is 0. The van der Waals surface area contributed by atoms with E-state index in [0.717, 1.165) is 0 Å². The molecule has 0 aliphatic rings. The van der Waals surface area contributed by atoms with E-state index < -0.39 is 0 Å². The summed E-state index contributed by atoms with van der Waals surface area (Å²) in [6.45, 7) is 12.0. The van der Waals surface area contributed by atoms with E-state index in [2.05, 4.69) is 48.5 Å². The third-order valence-electron chi connectivity index (χ3n) is 2.33. The highest BCUT2D eigenvalue weighted by atomic mass is 13.9. The van der Waals surface area contributed by atoms with Gasteiger partial charge in [0, 0.05) is 0 Å². The number of benzene rings is 3. The predicted molar refractivity (Wildman–Crippen MR) is 131 cm³/mol. The van der Waals surface area contributed by atoms with E-state index in [1.54, 1.807) is 0 Å². The Bertz CT molecular complexity index is 434. The molecule has 0 heteroatoms. The molecular weight excluding hydrogens is 312 g/mol. The standard InChI is InChI=1S/C10H8.C6H6.3C2H6.4CH4/c1-2-6-10-8-4-3-7-9(10)5-1;1-2-4-6-5-3-1;3*1-2;;;;/h1-8H;1-6H;3*1-2H3;4*1H4. The minimum absolute atomic E-state index is 0. The van der Waals surface area contributed by atoms with Crippen molar-refractivity contribution in [3.05, 3.63) is 84.9 Å². The first kappa shape index (κ1) is 39.1. The van der Waals surface area contributed by atoms with Crippen molar-refractivity contribution >= 4 is 10.8 Å². The summed E-state index contributed by atoms with van der Waals surface area (Å²) >= 11 is 0. The van der Waals surface area contributed by atoms with Gasteiger partial charge in [0.15, 0.2) is 0 Å². The summed E-state index contributed by atoms with van der Waals surface area (Å²) < 4.78 is 0. The number of hydrogen-bond donors (Lipinski definition) is 0. The second kappa shape index (κ2) is 34.3. The fraction of sp³-hybridized carbons (Fsp3) is 0.385. The van der Waals surface area contributed by atoms with Crippen LogP contribution in [0.2, 0.25) is 0 Å². The van der Waals surface area contributed by atoms with Gasteiger partial charge in [-0.25, -0.2) is 0 Å². The van der Waals surface area contributed by atoms with Gasteiger partial charge in [-0.05, 0) is 10.8 Å². The molecule has 0 spiro atoms. The smallest absolute Gasteiger partial charge is 0.0184 e. The van der Waals surface area contributed by atoms with E-state index in [0.29, 0.717) is 0 Å². The molecule has 0 saturated heterocycles. The molecule has 0 aromatic heterocycles. The van der Waals surface area contributed by atoms with Gasteiger partial charge < -0.3 is 0 Å². The quantitative estimate of drug-likeness (QED) is 0.374. The third-order valence-corrected chi connectivity index (χ3v) is 2.33. The fourth-order valence-corrected chi connectivity index (χ4v) is 1.52. The van der Waals surface area contributed by atoms with Crippen molar-refractivity contribution in [2.45, 2.75) is 71.2 Å². The summed E-state index contributed by atoms with van der Waals surface area (Å²) in [6.07, 6.45) is 0. The van der Waals surface area contributed by atoms with Crippen LogP contribution in [0.15, 0.2) is 84.9 Å². The van der Waals surface area contributed by atoms with Crippen LogP contribution in [0.1, 0.15) is 71.2 Å². The first-order valence-electron chi connectivity index (χ1n) is 8.40. The van der Waals surface area contributed by atoms with E-state index >= 15 is 0 Å². The monoisotopic (exact) mass is 360 g/mol. The van der Waals surface area contributed by atoms with Crippen LogP contribution in [0, 0.1) is 0 Å². The molecule has 0 radical (unpaired) electrons. The summed E-state index contributed by atoms with van der Waals surface area (Å²) in [5, 5.41) is 2.62. The normalized spacial score (nSPS) is 6.38. The molecule has 0 unspecified atom stereocenters. The molecule has 0 heterocycles. The Balaban J connectivity index is -0.0000000556. The fourth-order valence-electron chi connectivity index (χ4n) is 1.52. The zero-order chi connectivity index (χ0) is 17.1. The first-order chi connectivity index (χ1) is 11.0. The van der Waals surface area contributed by atoms with E-state index in [9.17, 15) is 0 Å². The van der Waals surface area contributed by atoms with Crippen molar-refractivity contribution in [2.75, 3.05) is 0 Å². The van der Waals surface area contributed by atoms with Crippen molar-refractivity contribution in [2.24, 2.45) is 0 Å². The molecule has 152 valence electrons. The maximum absolute atomic E-state index is 2.12. The topological polar surface area (TPSA) is 0 Å². The van der Waals surface area contributed by atoms with Gasteiger partial charge in [0.2, 0.25) is 0 Å². The van der Waals surface area contributed by atoms with Crippen molar-refractivity contribution in [3.63, 3.8) is 0 Å². The Hall–Kier alpha value is -2.08. The maximum atomic E-state index is 2.12. The van der Waals surface area contributed by atoms with Gasteiger partial charge in [0.25, 0.3) is 0 Å². The molecule has 3 rings (SSSR count). The third kappa shape index (κ3) is 20.0.